The first-order chi connectivity index (χ1) is 12.3. The summed E-state index contributed by atoms with van der Waals surface area (Å²) in [4.78, 5) is 0.0925. The smallest absolute Gasteiger partial charge is 0.339 e. The van der Waals surface area contributed by atoms with Crippen LogP contribution >= 0.6 is 0 Å². The van der Waals surface area contributed by atoms with Gasteiger partial charge in [-0.1, -0.05) is 17.7 Å². The fourth-order valence-electron chi connectivity index (χ4n) is 2.87. The van der Waals surface area contributed by atoms with Gasteiger partial charge in [-0.25, -0.2) is 0 Å². The van der Waals surface area contributed by atoms with E-state index >= 15 is 0 Å². The van der Waals surface area contributed by atoms with Crippen LogP contribution in [0.1, 0.15) is 31.1 Å². The zero-order valence-corrected chi connectivity index (χ0v) is 15.9. The summed E-state index contributed by atoms with van der Waals surface area (Å²) in [6, 6.07) is 11.4. The highest BCUT2D eigenvalue weighted by Gasteiger charge is 2.35. The first-order valence-electron chi connectivity index (χ1n) is 8.30. The van der Waals surface area contributed by atoms with Crippen LogP contribution in [0.15, 0.2) is 47.4 Å². The minimum atomic E-state index is -3.97. The van der Waals surface area contributed by atoms with Crippen molar-refractivity contribution in [3.8, 4) is 11.5 Å². The molecule has 0 bridgehead atoms. The molecular formula is C19H22O6S. The Kier molecular flexibility index (Phi) is 5.22. The Hall–Kier alpha value is -2.09. The third-order valence-electron chi connectivity index (χ3n) is 4.20. The van der Waals surface area contributed by atoms with Crippen molar-refractivity contribution in [1.82, 2.24) is 0 Å². The van der Waals surface area contributed by atoms with Crippen LogP contribution in [0.2, 0.25) is 0 Å². The Morgan fingerprint density at radius 3 is 2.27 bits per heavy atom. The van der Waals surface area contributed by atoms with E-state index < -0.39 is 16.2 Å². The standard InChI is InChI=1S/C19H22O6S/c1-12-5-8-16(9-6-12)26(20,21)25-18-10-7-15(22-4)11-17(18)19-13(2)23-14(3)24-19/h5-11,13-14,19H,1-4H3/t13-,14-,19-/m0/s1. The molecule has 26 heavy (non-hydrogen) atoms. The number of rotatable bonds is 5. The van der Waals surface area contributed by atoms with Crippen molar-refractivity contribution in [3.63, 3.8) is 0 Å². The summed E-state index contributed by atoms with van der Waals surface area (Å²) in [6.45, 7) is 5.55. The molecule has 6 nitrogen and oxygen atoms in total. The molecular weight excluding hydrogens is 356 g/mol. The summed E-state index contributed by atoms with van der Waals surface area (Å²) in [5.74, 6) is 0.774. The average molecular weight is 378 g/mol. The number of benzene rings is 2. The van der Waals surface area contributed by atoms with E-state index in [9.17, 15) is 8.42 Å². The summed E-state index contributed by atoms with van der Waals surface area (Å²) in [7, 11) is -2.43. The van der Waals surface area contributed by atoms with Gasteiger partial charge in [-0.2, -0.15) is 8.42 Å². The molecule has 1 heterocycles. The predicted molar refractivity (Wildman–Crippen MR) is 95.8 cm³/mol. The van der Waals surface area contributed by atoms with Crippen LogP contribution in [0.25, 0.3) is 0 Å². The molecule has 1 saturated heterocycles. The number of methoxy groups -OCH3 is 1. The van der Waals surface area contributed by atoms with Gasteiger partial charge in [-0.15, -0.1) is 0 Å². The lowest BCUT2D eigenvalue weighted by molar-refractivity contribution is -0.0495. The maximum atomic E-state index is 12.7. The van der Waals surface area contributed by atoms with Crippen LogP contribution < -0.4 is 8.92 Å². The van der Waals surface area contributed by atoms with Gasteiger partial charge < -0.3 is 18.4 Å². The third kappa shape index (κ3) is 3.85. The Morgan fingerprint density at radius 1 is 1.00 bits per heavy atom. The fraction of sp³-hybridized carbons (Fsp3) is 0.368. The largest absolute Gasteiger partial charge is 0.497 e. The normalized spacial score (nSPS) is 23.0. The molecule has 0 saturated carbocycles. The Labute approximate surface area is 153 Å². The van der Waals surface area contributed by atoms with Crippen molar-refractivity contribution in [2.75, 3.05) is 7.11 Å². The number of aryl methyl sites for hydroxylation is 1. The van der Waals surface area contributed by atoms with E-state index in [-0.39, 0.29) is 23.0 Å². The van der Waals surface area contributed by atoms with Gasteiger partial charge in [0.15, 0.2) is 6.29 Å². The third-order valence-corrected chi connectivity index (χ3v) is 5.45. The van der Waals surface area contributed by atoms with E-state index in [0.29, 0.717) is 11.3 Å². The summed E-state index contributed by atoms with van der Waals surface area (Å²) in [6.07, 6.45) is -1.09. The highest BCUT2D eigenvalue weighted by atomic mass is 32.2. The van der Waals surface area contributed by atoms with Gasteiger partial charge in [0.05, 0.1) is 13.2 Å². The van der Waals surface area contributed by atoms with Crippen LogP contribution in [0.4, 0.5) is 0 Å². The Bertz CT molecular complexity index is 875. The zero-order chi connectivity index (χ0) is 18.9. The van der Waals surface area contributed by atoms with Gasteiger partial charge in [-0.05, 0) is 51.1 Å². The van der Waals surface area contributed by atoms with Crippen molar-refractivity contribution >= 4 is 10.1 Å². The second-order valence-corrected chi connectivity index (χ2v) is 7.77. The maximum Gasteiger partial charge on any atom is 0.339 e. The summed E-state index contributed by atoms with van der Waals surface area (Å²) in [5, 5.41) is 0. The van der Waals surface area contributed by atoms with Crippen molar-refractivity contribution < 1.29 is 26.8 Å². The first kappa shape index (κ1) is 18.7. The van der Waals surface area contributed by atoms with Crippen molar-refractivity contribution in [2.45, 2.75) is 44.2 Å². The Morgan fingerprint density at radius 2 is 1.69 bits per heavy atom. The monoisotopic (exact) mass is 378 g/mol. The van der Waals surface area contributed by atoms with E-state index in [1.165, 1.54) is 12.1 Å². The lowest BCUT2D eigenvalue weighted by atomic mass is 10.0. The van der Waals surface area contributed by atoms with Crippen LogP contribution in [0.3, 0.4) is 0 Å². The van der Waals surface area contributed by atoms with E-state index in [4.69, 9.17) is 18.4 Å². The molecule has 0 unspecified atom stereocenters. The fourth-order valence-corrected chi connectivity index (χ4v) is 3.83. The van der Waals surface area contributed by atoms with Gasteiger partial charge in [-0.3, -0.25) is 0 Å². The van der Waals surface area contributed by atoms with E-state index in [0.717, 1.165) is 5.56 Å². The van der Waals surface area contributed by atoms with Gasteiger partial charge in [0.25, 0.3) is 0 Å². The van der Waals surface area contributed by atoms with E-state index in [2.05, 4.69) is 0 Å². The molecule has 0 aliphatic carbocycles. The maximum absolute atomic E-state index is 12.7. The van der Waals surface area contributed by atoms with Gasteiger partial charge >= 0.3 is 10.1 Å². The van der Waals surface area contributed by atoms with Crippen LogP contribution in [0.5, 0.6) is 11.5 Å². The zero-order valence-electron chi connectivity index (χ0n) is 15.1. The van der Waals surface area contributed by atoms with E-state index in [1.807, 2.05) is 13.8 Å². The quantitative estimate of drug-likeness (QED) is 0.741. The van der Waals surface area contributed by atoms with Crippen LogP contribution in [-0.4, -0.2) is 27.9 Å². The minimum absolute atomic E-state index is 0.0925. The van der Waals surface area contributed by atoms with Crippen LogP contribution in [-0.2, 0) is 19.6 Å². The predicted octanol–water partition coefficient (Wildman–Crippen LogP) is 3.59. The molecule has 1 aliphatic rings. The molecule has 3 atom stereocenters. The molecule has 1 fully saturated rings. The molecule has 0 spiro atoms. The molecule has 7 heteroatoms. The van der Waals surface area contributed by atoms with Gasteiger partial charge in [0.1, 0.15) is 22.5 Å². The van der Waals surface area contributed by atoms with Gasteiger partial charge in [0, 0.05) is 5.56 Å². The number of hydrogen-bond donors (Lipinski definition) is 0. The minimum Gasteiger partial charge on any atom is -0.497 e. The van der Waals surface area contributed by atoms with E-state index in [1.54, 1.807) is 44.4 Å². The molecule has 2 aromatic rings. The second kappa shape index (κ2) is 7.26. The molecule has 0 amide bonds. The second-order valence-electron chi connectivity index (χ2n) is 6.22. The number of ether oxygens (including phenoxy) is 3. The highest BCUT2D eigenvalue weighted by Crippen LogP contribution is 2.39. The van der Waals surface area contributed by atoms with Gasteiger partial charge in [0.2, 0.25) is 0 Å². The summed E-state index contributed by atoms with van der Waals surface area (Å²) >= 11 is 0. The molecule has 1 aliphatic heterocycles. The average Bonchev–Trinajstić information content (AvgIpc) is 2.93. The topological polar surface area (TPSA) is 71.1 Å². The molecule has 0 radical (unpaired) electrons. The lowest BCUT2D eigenvalue weighted by Crippen LogP contribution is -2.15. The highest BCUT2D eigenvalue weighted by molar-refractivity contribution is 7.87. The molecule has 140 valence electrons. The van der Waals surface area contributed by atoms with Crippen molar-refractivity contribution in [3.05, 3.63) is 53.6 Å². The lowest BCUT2D eigenvalue weighted by Gasteiger charge is -2.18. The molecule has 3 rings (SSSR count). The Balaban J connectivity index is 1.98. The number of hydrogen-bond acceptors (Lipinski definition) is 6. The molecule has 0 N–H and O–H groups in total. The summed E-state index contributed by atoms with van der Waals surface area (Å²) < 4.78 is 47.4. The van der Waals surface area contributed by atoms with Crippen LogP contribution in [0, 0.1) is 6.92 Å². The first-order valence-corrected chi connectivity index (χ1v) is 9.71. The van der Waals surface area contributed by atoms with Crippen molar-refractivity contribution in [1.29, 1.82) is 0 Å². The van der Waals surface area contributed by atoms with Crippen molar-refractivity contribution in [2.24, 2.45) is 0 Å². The molecule has 0 aromatic heterocycles. The molecule has 2 aromatic carbocycles. The summed E-state index contributed by atoms with van der Waals surface area (Å²) in [5.41, 5.74) is 1.53. The SMILES string of the molecule is COc1ccc(OS(=O)(=O)c2ccc(C)cc2)c([C@H]2O[C@@H](C)O[C@H]2C)c1.